The van der Waals surface area contributed by atoms with Crippen molar-refractivity contribution in [2.45, 2.75) is 44.8 Å². The molecule has 0 amide bonds. The van der Waals surface area contributed by atoms with Gasteiger partial charge >= 0.3 is 0 Å². The highest BCUT2D eigenvalue weighted by molar-refractivity contribution is 7.88. The maximum Gasteiger partial charge on any atom is 0.215 e. The fourth-order valence-electron chi connectivity index (χ4n) is 1.83. The molecule has 1 aromatic rings. The van der Waals surface area contributed by atoms with E-state index in [2.05, 4.69) is 11.6 Å². The fraction of sp³-hybridized carbons (Fsp3) is 0.571. The highest BCUT2D eigenvalue weighted by Gasteiger charge is 2.12. The van der Waals surface area contributed by atoms with Crippen LogP contribution in [0.1, 0.15) is 44.6 Å². The second-order valence-corrected chi connectivity index (χ2v) is 6.87. The lowest BCUT2D eigenvalue weighted by Crippen LogP contribution is -2.26. The van der Waals surface area contributed by atoms with E-state index in [-0.39, 0.29) is 5.75 Å². The Morgan fingerprint density at radius 1 is 1.11 bits per heavy atom. The molecule has 1 aromatic carbocycles. The minimum Gasteiger partial charge on any atom is -0.215 e. The van der Waals surface area contributed by atoms with Crippen LogP contribution >= 0.6 is 11.6 Å². The van der Waals surface area contributed by atoms with Crippen molar-refractivity contribution in [1.82, 2.24) is 4.72 Å². The van der Waals surface area contributed by atoms with Gasteiger partial charge in [0.2, 0.25) is 10.0 Å². The first kappa shape index (κ1) is 16.5. The number of sulfonamides is 1. The predicted molar refractivity (Wildman–Crippen MR) is 80.8 cm³/mol. The lowest BCUT2D eigenvalue weighted by Gasteiger charge is -2.08. The molecule has 0 aliphatic carbocycles. The Labute approximate surface area is 121 Å². The summed E-state index contributed by atoms with van der Waals surface area (Å²) in [5.41, 5.74) is 0.641. The zero-order valence-corrected chi connectivity index (χ0v) is 12.9. The Morgan fingerprint density at radius 2 is 1.79 bits per heavy atom. The lowest BCUT2D eigenvalue weighted by molar-refractivity contribution is 0.570. The van der Waals surface area contributed by atoms with Crippen LogP contribution in [0.2, 0.25) is 5.02 Å². The van der Waals surface area contributed by atoms with Crippen LogP contribution < -0.4 is 4.72 Å². The Kier molecular flexibility index (Phi) is 7.42. The van der Waals surface area contributed by atoms with E-state index in [4.69, 9.17) is 11.6 Å². The first-order valence-corrected chi connectivity index (χ1v) is 8.79. The van der Waals surface area contributed by atoms with Gasteiger partial charge in [-0.1, -0.05) is 62.4 Å². The number of benzene rings is 1. The van der Waals surface area contributed by atoms with Crippen LogP contribution in [0.3, 0.4) is 0 Å². The molecule has 0 atom stereocenters. The molecule has 108 valence electrons. The molecule has 5 heteroatoms. The van der Waals surface area contributed by atoms with Crippen LogP contribution in [0, 0.1) is 0 Å². The molecular weight excluding hydrogens is 282 g/mol. The third-order valence-electron chi connectivity index (χ3n) is 2.91. The van der Waals surface area contributed by atoms with E-state index in [0.29, 0.717) is 17.1 Å². The normalized spacial score (nSPS) is 11.7. The highest BCUT2D eigenvalue weighted by Crippen LogP contribution is 2.17. The number of hydrogen-bond donors (Lipinski definition) is 1. The van der Waals surface area contributed by atoms with Crippen molar-refractivity contribution in [3.63, 3.8) is 0 Å². The predicted octanol–water partition coefficient (Wildman–Crippen LogP) is 3.73. The molecule has 1 N–H and O–H groups in total. The molecule has 0 bridgehead atoms. The van der Waals surface area contributed by atoms with E-state index in [9.17, 15) is 8.42 Å². The van der Waals surface area contributed by atoms with Crippen LogP contribution in [-0.2, 0) is 15.8 Å². The second kappa shape index (κ2) is 8.56. The van der Waals surface area contributed by atoms with Crippen molar-refractivity contribution in [2.24, 2.45) is 0 Å². The fourth-order valence-corrected chi connectivity index (χ4v) is 3.33. The Morgan fingerprint density at radius 3 is 2.47 bits per heavy atom. The molecule has 0 spiro atoms. The number of nitrogens with one attached hydrogen (secondary N) is 1. The Bertz CT molecular complexity index is 474. The molecule has 0 unspecified atom stereocenters. The first-order chi connectivity index (χ1) is 9.05. The monoisotopic (exact) mass is 303 g/mol. The van der Waals surface area contributed by atoms with E-state index in [1.165, 1.54) is 19.3 Å². The van der Waals surface area contributed by atoms with Crippen molar-refractivity contribution in [3.8, 4) is 0 Å². The maximum atomic E-state index is 11.9. The van der Waals surface area contributed by atoms with Crippen LogP contribution in [0.5, 0.6) is 0 Å². The zero-order chi connectivity index (χ0) is 14.1. The molecule has 0 aliphatic rings. The Hall–Kier alpha value is -0.580. The van der Waals surface area contributed by atoms with Gasteiger partial charge in [-0.2, -0.15) is 0 Å². The molecule has 0 saturated carbocycles. The SMILES string of the molecule is CCCCCCCNS(=O)(=O)Cc1ccccc1Cl. The second-order valence-electron chi connectivity index (χ2n) is 4.66. The summed E-state index contributed by atoms with van der Waals surface area (Å²) in [4.78, 5) is 0. The van der Waals surface area contributed by atoms with E-state index >= 15 is 0 Å². The summed E-state index contributed by atoms with van der Waals surface area (Å²) in [7, 11) is -3.28. The minimum absolute atomic E-state index is 0.0539. The van der Waals surface area contributed by atoms with Gasteiger partial charge in [0.05, 0.1) is 5.75 Å². The molecule has 0 heterocycles. The van der Waals surface area contributed by atoms with Gasteiger partial charge in [-0.05, 0) is 18.1 Å². The van der Waals surface area contributed by atoms with Gasteiger partial charge < -0.3 is 0 Å². The summed E-state index contributed by atoms with van der Waals surface area (Å²) >= 11 is 5.96. The van der Waals surface area contributed by atoms with Crippen molar-refractivity contribution >= 4 is 21.6 Å². The molecule has 3 nitrogen and oxygen atoms in total. The molecule has 0 fully saturated rings. The largest absolute Gasteiger partial charge is 0.215 e. The summed E-state index contributed by atoms with van der Waals surface area (Å²) in [6.45, 7) is 2.67. The van der Waals surface area contributed by atoms with Gasteiger partial charge in [-0.25, -0.2) is 13.1 Å². The Balaban J connectivity index is 2.34. The molecule has 0 radical (unpaired) electrons. The van der Waals surface area contributed by atoms with Crippen molar-refractivity contribution < 1.29 is 8.42 Å². The van der Waals surface area contributed by atoms with E-state index in [1.54, 1.807) is 24.3 Å². The van der Waals surface area contributed by atoms with Gasteiger partial charge in [-0.3, -0.25) is 0 Å². The van der Waals surface area contributed by atoms with Crippen molar-refractivity contribution in [3.05, 3.63) is 34.9 Å². The van der Waals surface area contributed by atoms with Gasteiger partial charge in [0.1, 0.15) is 0 Å². The van der Waals surface area contributed by atoms with E-state index in [1.807, 2.05) is 0 Å². The number of rotatable bonds is 9. The first-order valence-electron chi connectivity index (χ1n) is 6.76. The zero-order valence-electron chi connectivity index (χ0n) is 11.4. The van der Waals surface area contributed by atoms with Gasteiger partial charge in [0.15, 0.2) is 0 Å². The summed E-state index contributed by atoms with van der Waals surface area (Å²) in [6, 6.07) is 7.03. The van der Waals surface area contributed by atoms with Crippen LogP contribution in [0.4, 0.5) is 0 Å². The van der Waals surface area contributed by atoms with Gasteiger partial charge in [0.25, 0.3) is 0 Å². The average molecular weight is 304 g/mol. The maximum absolute atomic E-state index is 11.9. The summed E-state index contributed by atoms with van der Waals surface area (Å²) in [5, 5.41) is 0.496. The smallest absolute Gasteiger partial charge is 0.215 e. The number of halogens is 1. The van der Waals surface area contributed by atoms with Crippen LogP contribution in [0.25, 0.3) is 0 Å². The lowest BCUT2D eigenvalue weighted by atomic mass is 10.2. The summed E-state index contributed by atoms with van der Waals surface area (Å²) in [5.74, 6) is -0.0539. The topological polar surface area (TPSA) is 46.2 Å². The molecule has 0 aliphatic heterocycles. The minimum atomic E-state index is -3.28. The third-order valence-corrected chi connectivity index (χ3v) is 4.61. The highest BCUT2D eigenvalue weighted by atomic mass is 35.5. The van der Waals surface area contributed by atoms with Gasteiger partial charge in [-0.15, -0.1) is 0 Å². The number of hydrogen-bond acceptors (Lipinski definition) is 2. The number of unbranched alkanes of at least 4 members (excludes halogenated alkanes) is 4. The van der Waals surface area contributed by atoms with Gasteiger partial charge in [0, 0.05) is 11.6 Å². The molecule has 0 aromatic heterocycles. The summed E-state index contributed by atoms with van der Waals surface area (Å²) in [6.07, 6.45) is 5.54. The van der Waals surface area contributed by atoms with Crippen LogP contribution in [0.15, 0.2) is 24.3 Å². The van der Waals surface area contributed by atoms with E-state index in [0.717, 1.165) is 12.8 Å². The standard InChI is InChI=1S/C14H22ClNO2S/c1-2-3-4-5-8-11-16-19(17,18)12-13-9-6-7-10-14(13)15/h6-7,9-10,16H,2-5,8,11-12H2,1H3. The van der Waals surface area contributed by atoms with Crippen molar-refractivity contribution in [2.75, 3.05) is 6.54 Å². The third kappa shape index (κ3) is 6.95. The van der Waals surface area contributed by atoms with E-state index < -0.39 is 10.0 Å². The molecular formula is C14H22ClNO2S. The van der Waals surface area contributed by atoms with Crippen molar-refractivity contribution in [1.29, 1.82) is 0 Å². The molecule has 19 heavy (non-hydrogen) atoms. The molecule has 1 rings (SSSR count). The molecule has 0 saturated heterocycles. The summed E-state index contributed by atoms with van der Waals surface area (Å²) < 4.78 is 26.4. The average Bonchev–Trinajstić information content (AvgIpc) is 2.36. The van der Waals surface area contributed by atoms with Crippen LogP contribution in [-0.4, -0.2) is 15.0 Å². The quantitative estimate of drug-likeness (QED) is 0.707.